The summed E-state index contributed by atoms with van der Waals surface area (Å²) in [5.74, 6) is -0.260. The Morgan fingerprint density at radius 2 is 2.50 bits per heavy atom. The van der Waals surface area contributed by atoms with E-state index in [1.807, 2.05) is 0 Å². The summed E-state index contributed by atoms with van der Waals surface area (Å²) in [5.41, 5.74) is 0. The van der Waals surface area contributed by atoms with Gasteiger partial charge in [-0.05, 0) is 6.92 Å². The molecule has 4 heteroatoms. The molecule has 56 valence electrons. The molecule has 0 fully saturated rings. The minimum absolute atomic E-state index is 0.0343. The summed E-state index contributed by atoms with van der Waals surface area (Å²) >= 11 is 0. The van der Waals surface area contributed by atoms with Gasteiger partial charge in [-0.15, -0.1) is 0 Å². The molecule has 0 radical (unpaired) electrons. The van der Waals surface area contributed by atoms with Crippen LogP contribution in [0.15, 0.2) is 0 Å². The molecule has 0 aromatic rings. The van der Waals surface area contributed by atoms with Crippen LogP contribution in [0.1, 0.15) is 6.92 Å². The maximum absolute atomic E-state index is 10.7. The SMILES string of the molecule is COC(C)C(=O)NCC#N. The lowest BCUT2D eigenvalue weighted by molar-refractivity contribution is -0.129. The molecule has 1 N–H and O–H groups in total. The molecule has 0 aromatic heterocycles. The van der Waals surface area contributed by atoms with Gasteiger partial charge in [-0.1, -0.05) is 0 Å². The number of nitrogens with one attached hydrogen (secondary N) is 1. The van der Waals surface area contributed by atoms with E-state index in [-0.39, 0.29) is 12.5 Å². The third-order valence-corrected chi connectivity index (χ3v) is 1.06. The van der Waals surface area contributed by atoms with Crippen LogP contribution in [0.5, 0.6) is 0 Å². The number of nitriles is 1. The third kappa shape index (κ3) is 3.05. The van der Waals surface area contributed by atoms with Crippen molar-refractivity contribution in [2.24, 2.45) is 0 Å². The van der Waals surface area contributed by atoms with Gasteiger partial charge in [-0.2, -0.15) is 5.26 Å². The van der Waals surface area contributed by atoms with Crippen LogP contribution >= 0.6 is 0 Å². The van der Waals surface area contributed by atoms with Gasteiger partial charge in [0.1, 0.15) is 12.6 Å². The zero-order valence-corrected chi connectivity index (χ0v) is 6.05. The van der Waals surface area contributed by atoms with Crippen molar-refractivity contribution in [1.82, 2.24) is 5.32 Å². The Balaban J connectivity index is 3.54. The van der Waals surface area contributed by atoms with Crippen LogP contribution < -0.4 is 5.32 Å². The Hall–Kier alpha value is -1.08. The van der Waals surface area contributed by atoms with Crippen LogP contribution in [0, 0.1) is 11.3 Å². The smallest absolute Gasteiger partial charge is 0.249 e. The maximum atomic E-state index is 10.7. The van der Waals surface area contributed by atoms with Gasteiger partial charge in [0.15, 0.2) is 0 Å². The molecule has 0 aliphatic carbocycles. The molecule has 0 bridgehead atoms. The first-order chi connectivity index (χ1) is 4.72. The van der Waals surface area contributed by atoms with Crippen molar-refractivity contribution < 1.29 is 9.53 Å². The summed E-state index contributed by atoms with van der Waals surface area (Å²) in [4.78, 5) is 10.7. The van der Waals surface area contributed by atoms with Crippen molar-refractivity contribution in [3.05, 3.63) is 0 Å². The van der Waals surface area contributed by atoms with E-state index < -0.39 is 6.10 Å². The van der Waals surface area contributed by atoms with Gasteiger partial charge in [0.2, 0.25) is 5.91 Å². The van der Waals surface area contributed by atoms with Crippen LogP contribution in [0.25, 0.3) is 0 Å². The first-order valence-electron chi connectivity index (χ1n) is 2.89. The number of carbonyl (C=O) groups excluding carboxylic acids is 1. The average molecular weight is 142 g/mol. The number of hydrogen-bond donors (Lipinski definition) is 1. The molecular formula is C6H10N2O2. The monoisotopic (exact) mass is 142 g/mol. The Kier molecular flexibility index (Phi) is 4.25. The molecule has 0 aliphatic heterocycles. The quantitative estimate of drug-likeness (QED) is 0.548. The second-order valence-electron chi connectivity index (χ2n) is 1.75. The van der Waals surface area contributed by atoms with E-state index in [0.29, 0.717) is 0 Å². The van der Waals surface area contributed by atoms with Crippen molar-refractivity contribution >= 4 is 5.91 Å². The van der Waals surface area contributed by atoms with E-state index in [9.17, 15) is 4.79 Å². The van der Waals surface area contributed by atoms with E-state index in [1.54, 1.807) is 13.0 Å². The van der Waals surface area contributed by atoms with E-state index in [4.69, 9.17) is 5.26 Å². The summed E-state index contributed by atoms with van der Waals surface area (Å²) in [7, 11) is 1.44. The first kappa shape index (κ1) is 8.92. The molecule has 4 nitrogen and oxygen atoms in total. The molecule has 0 aliphatic rings. The molecule has 0 rings (SSSR count). The molecular weight excluding hydrogens is 132 g/mol. The lowest BCUT2D eigenvalue weighted by Crippen LogP contribution is -2.33. The van der Waals surface area contributed by atoms with E-state index >= 15 is 0 Å². The Bertz CT molecular complexity index is 150. The maximum Gasteiger partial charge on any atom is 0.249 e. The number of hydrogen-bond acceptors (Lipinski definition) is 3. The second kappa shape index (κ2) is 4.77. The third-order valence-electron chi connectivity index (χ3n) is 1.06. The molecule has 0 saturated carbocycles. The van der Waals surface area contributed by atoms with Crippen LogP contribution in [0.3, 0.4) is 0 Å². The highest BCUT2D eigenvalue weighted by Gasteiger charge is 2.08. The summed E-state index contributed by atoms with van der Waals surface area (Å²) < 4.78 is 4.69. The predicted octanol–water partition coefficient (Wildman–Crippen LogP) is -0.339. The molecule has 0 aromatic carbocycles. The molecule has 10 heavy (non-hydrogen) atoms. The number of carbonyl (C=O) groups is 1. The number of ether oxygens (including phenoxy) is 1. The normalized spacial score (nSPS) is 11.7. The zero-order chi connectivity index (χ0) is 7.98. The van der Waals surface area contributed by atoms with Crippen LogP contribution in [-0.4, -0.2) is 25.7 Å². The van der Waals surface area contributed by atoms with Gasteiger partial charge in [-0.25, -0.2) is 0 Å². The average Bonchev–Trinajstić information content (AvgIpc) is 1.98. The fourth-order valence-electron chi connectivity index (χ4n) is 0.377. The largest absolute Gasteiger partial charge is 0.372 e. The molecule has 1 atom stereocenters. The van der Waals surface area contributed by atoms with Crippen molar-refractivity contribution in [3.63, 3.8) is 0 Å². The van der Waals surface area contributed by atoms with Crippen molar-refractivity contribution in [2.45, 2.75) is 13.0 Å². The van der Waals surface area contributed by atoms with Crippen molar-refractivity contribution in [3.8, 4) is 6.07 Å². The number of methoxy groups -OCH3 is 1. The molecule has 0 spiro atoms. The van der Waals surface area contributed by atoms with E-state index in [2.05, 4.69) is 10.1 Å². The van der Waals surface area contributed by atoms with Gasteiger partial charge < -0.3 is 10.1 Å². The molecule has 0 saturated heterocycles. The van der Waals surface area contributed by atoms with Crippen LogP contribution in [-0.2, 0) is 9.53 Å². The minimum Gasteiger partial charge on any atom is -0.372 e. The van der Waals surface area contributed by atoms with Gasteiger partial charge in [0.25, 0.3) is 0 Å². The first-order valence-corrected chi connectivity index (χ1v) is 2.89. The van der Waals surface area contributed by atoms with Crippen molar-refractivity contribution in [1.29, 1.82) is 5.26 Å². The standard InChI is InChI=1S/C6H10N2O2/c1-5(10-2)6(9)8-4-3-7/h5H,4H2,1-2H3,(H,8,9). The van der Waals surface area contributed by atoms with Gasteiger partial charge >= 0.3 is 0 Å². The van der Waals surface area contributed by atoms with E-state index in [1.165, 1.54) is 7.11 Å². The molecule has 1 unspecified atom stereocenters. The molecule has 1 amide bonds. The number of amides is 1. The summed E-state index contributed by atoms with van der Waals surface area (Å²) in [5, 5.41) is 10.4. The lowest BCUT2D eigenvalue weighted by Gasteiger charge is -2.06. The minimum atomic E-state index is -0.478. The Morgan fingerprint density at radius 3 is 2.90 bits per heavy atom. The summed E-state index contributed by atoms with van der Waals surface area (Å²) in [6.07, 6.45) is -0.478. The van der Waals surface area contributed by atoms with Gasteiger partial charge in [0, 0.05) is 7.11 Å². The Labute approximate surface area is 59.8 Å². The molecule has 0 heterocycles. The van der Waals surface area contributed by atoms with Crippen LogP contribution in [0.4, 0.5) is 0 Å². The fraction of sp³-hybridized carbons (Fsp3) is 0.667. The summed E-state index contributed by atoms with van der Waals surface area (Å²) in [6, 6.07) is 1.79. The van der Waals surface area contributed by atoms with E-state index in [0.717, 1.165) is 0 Å². The fourth-order valence-corrected chi connectivity index (χ4v) is 0.377. The zero-order valence-electron chi connectivity index (χ0n) is 6.05. The topological polar surface area (TPSA) is 62.1 Å². The highest BCUT2D eigenvalue weighted by molar-refractivity contribution is 5.80. The van der Waals surface area contributed by atoms with Gasteiger partial charge in [-0.3, -0.25) is 4.79 Å². The summed E-state index contributed by atoms with van der Waals surface area (Å²) in [6.45, 7) is 1.65. The predicted molar refractivity (Wildman–Crippen MR) is 35.1 cm³/mol. The highest BCUT2D eigenvalue weighted by Crippen LogP contribution is 1.84. The number of rotatable bonds is 3. The Morgan fingerprint density at radius 1 is 1.90 bits per heavy atom. The lowest BCUT2D eigenvalue weighted by atomic mass is 10.4. The van der Waals surface area contributed by atoms with Crippen LogP contribution in [0.2, 0.25) is 0 Å². The highest BCUT2D eigenvalue weighted by atomic mass is 16.5. The second-order valence-corrected chi connectivity index (χ2v) is 1.75. The van der Waals surface area contributed by atoms with Crippen molar-refractivity contribution in [2.75, 3.05) is 13.7 Å². The van der Waals surface area contributed by atoms with Gasteiger partial charge in [0.05, 0.1) is 6.07 Å². The number of nitrogens with zero attached hydrogens (tertiary/aromatic N) is 1.